The molecule has 0 atom stereocenters. The van der Waals surface area contributed by atoms with Gasteiger partial charge in [-0.1, -0.05) is 6.07 Å². The average molecular weight is 229 g/mol. The molecule has 0 aliphatic rings. The molecule has 80 valence electrons. The van der Waals surface area contributed by atoms with E-state index in [0.29, 0.717) is 0 Å². The molecule has 0 amide bonds. The second-order valence-corrected chi connectivity index (χ2v) is 3.26. The zero-order valence-electron chi connectivity index (χ0n) is 6.64. The normalized spacial score (nSPS) is 10.6. The molecular formula is C6H6F3NO3S. The highest BCUT2D eigenvalue weighted by atomic mass is 32.2. The third kappa shape index (κ3) is 6.38. The van der Waals surface area contributed by atoms with Crippen LogP contribution < -0.4 is 0 Å². The Hall–Kier alpha value is -1.15. The van der Waals surface area contributed by atoms with Gasteiger partial charge in [-0.05, 0) is 12.1 Å². The molecule has 8 heteroatoms. The molecule has 0 bridgehead atoms. The average Bonchev–Trinajstić information content (AvgIpc) is 2.03. The van der Waals surface area contributed by atoms with Crippen molar-refractivity contribution in [2.24, 2.45) is 0 Å². The quantitative estimate of drug-likeness (QED) is 0.741. The third-order valence-corrected chi connectivity index (χ3v) is 1.67. The van der Waals surface area contributed by atoms with Crippen LogP contribution in [0.5, 0.6) is 0 Å². The molecule has 0 spiro atoms. The molecule has 0 saturated heterocycles. The van der Waals surface area contributed by atoms with Crippen molar-refractivity contribution in [1.82, 2.24) is 4.98 Å². The van der Waals surface area contributed by atoms with E-state index in [4.69, 9.17) is 4.55 Å². The maximum atomic E-state index is 10.3. The molecule has 1 rings (SSSR count). The Morgan fingerprint density at radius 3 is 2.00 bits per heavy atom. The number of rotatable bonds is 1. The summed E-state index contributed by atoms with van der Waals surface area (Å²) in [6.07, 6.45) is 1.29. The molecule has 0 aromatic carbocycles. The smallest absolute Gasteiger partial charge is 0.281 e. The lowest BCUT2D eigenvalue weighted by Gasteiger charge is -1.91. The topological polar surface area (TPSA) is 67.3 Å². The lowest BCUT2D eigenvalue weighted by molar-refractivity contribution is 0.00819. The summed E-state index contributed by atoms with van der Waals surface area (Å²) < 4.78 is 58.1. The number of hydrogen-bond donors (Lipinski definition) is 1. The first-order chi connectivity index (χ1) is 6.34. The van der Waals surface area contributed by atoms with Crippen LogP contribution in [0.25, 0.3) is 0 Å². The standard InChI is InChI=1S/C5H5NO3S.CHF3/c7-10(8,9)5-3-1-2-4-6-5;2-1(3)4/h1-4H,(H,7,8,9);1H. The van der Waals surface area contributed by atoms with Gasteiger partial charge in [0.25, 0.3) is 0 Å². The maximum absolute atomic E-state index is 10.3. The van der Waals surface area contributed by atoms with E-state index >= 15 is 0 Å². The second-order valence-electron chi connectivity index (χ2n) is 1.89. The molecule has 0 saturated carbocycles. The van der Waals surface area contributed by atoms with Crippen LogP contribution in [-0.2, 0) is 10.1 Å². The van der Waals surface area contributed by atoms with Gasteiger partial charge in [-0.15, -0.1) is 0 Å². The van der Waals surface area contributed by atoms with Crippen molar-refractivity contribution < 1.29 is 26.1 Å². The van der Waals surface area contributed by atoms with Gasteiger partial charge >= 0.3 is 16.8 Å². The Morgan fingerprint density at radius 1 is 1.29 bits per heavy atom. The van der Waals surface area contributed by atoms with Crippen LogP contribution in [0.15, 0.2) is 29.4 Å². The molecule has 1 aromatic rings. The van der Waals surface area contributed by atoms with E-state index in [1.807, 2.05) is 0 Å². The van der Waals surface area contributed by atoms with Gasteiger partial charge in [0.15, 0.2) is 5.03 Å². The Balaban J connectivity index is 0.000000364. The van der Waals surface area contributed by atoms with Crippen molar-refractivity contribution in [3.8, 4) is 0 Å². The molecule has 0 unspecified atom stereocenters. The summed E-state index contributed by atoms with van der Waals surface area (Å²) in [5.41, 5.74) is 0. The number of pyridine rings is 1. The van der Waals surface area contributed by atoms with Crippen LogP contribution >= 0.6 is 0 Å². The number of nitrogens with zero attached hydrogens (tertiary/aromatic N) is 1. The molecular weight excluding hydrogens is 223 g/mol. The van der Waals surface area contributed by atoms with Crippen molar-refractivity contribution in [1.29, 1.82) is 0 Å². The van der Waals surface area contributed by atoms with Crippen LogP contribution in [0.3, 0.4) is 0 Å². The largest absolute Gasteiger partial charge is 0.379 e. The SMILES string of the molecule is FC(F)F.O=S(=O)(O)c1ccccn1. The first-order valence-corrected chi connectivity index (χ1v) is 4.59. The molecule has 1 heterocycles. The molecule has 0 aliphatic carbocycles. The summed E-state index contributed by atoms with van der Waals surface area (Å²) in [6, 6.07) is 4.26. The minimum absolute atomic E-state index is 0.324. The van der Waals surface area contributed by atoms with E-state index in [1.54, 1.807) is 6.07 Å². The number of halogens is 3. The van der Waals surface area contributed by atoms with E-state index in [2.05, 4.69) is 4.98 Å². The number of aromatic nitrogens is 1. The van der Waals surface area contributed by atoms with Crippen LogP contribution in [0.1, 0.15) is 0 Å². The molecule has 0 aliphatic heterocycles. The van der Waals surface area contributed by atoms with Crippen molar-refractivity contribution in [3.63, 3.8) is 0 Å². The third-order valence-electron chi connectivity index (χ3n) is 0.902. The van der Waals surface area contributed by atoms with Crippen LogP contribution in [0.2, 0.25) is 0 Å². The van der Waals surface area contributed by atoms with E-state index < -0.39 is 16.8 Å². The van der Waals surface area contributed by atoms with E-state index in [1.165, 1.54) is 18.3 Å². The van der Waals surface area contributed by atoms with Crippen molar-refractivity contribution in [2.45, 2.75) is 11.7 Å². The first kappa shape index (κ1) is 12.8. The zero-order valence-corrected chi connectivity index (χ0v) is 7.46. The van der Waals surface area contributed by atoms with Gasteiger partial charge in [0.1, 0.15) is 0 Å². The Kier molecular flexibility index (Phi) is 5.10. The highest BCUT2D eigenvalue weighted by molar-refractivity contribution is 7.85. The van der Waals surface area contributed by atoms with Gasteiger partial charge in [0.05, 0.1) is 0 Å². The summed E-state index contributed by atoms with van der Waals surface area (Å²) in [6.45, 7) is -3.67. The van der Waals surface area contributed by atoms with Crippen LogP contribution in [-0.4, -0.2) is 24.6 Å². The minimum Gasteiger partial charge on any atom is -0.281 e. The van der Waals surface area contributed by atoms with Crippen LogP contribution in [0, 0.1) is 0 Å². The van der Waals surface area contributed by atoms with E-state index in [0.717, 1.165) is 0 Å². The fraction of sp³-hybridized carbons (Fsp3) is 0.167. The lowest BCUT2D eigenvalue weighted by Crippen LogP contribution is -1.99. The Labute approximate surface area is 78.1 Å². The summed E-state index contributed by atoms with van der Waals surface area (Å²) in [5.74, 6) is 0. The van der Waals surface area contributed by atoms with Gasteiger partial charge in [0.2, 0.25) is 0 Å². The van der Waals surface area contributed by atoms with E-state index in [9.17, 15) is 21.6 Å². The van der Waals surface area contributed by atoms with Gasteiger partial charge in [-0.3, -0.25) is 4.55 Å². The fourth-order valence-corrected chi connectivity index (χ4v) is 0.944. The first-order valence-electron chi connectivity index (χ1n) is 3.15. The minimum atomic E-state index is -4.11. The van der Waals surface area contributed by atoms with Crippen LogP contribution in [0.4, 0.5) is 13.2 Å². The second kappa shape index (κ2) is 5.55. The van der Waals surface area contributed by atoms with Crippen molar-refractivity contribution in [3.05, 3.63) is 24.4 Å². The highest BCUT2D eigenvalue weighted by Gasteiger charge is 2.07. The monoisotopic (exact) mass is 229 g/mol. The molecule has 0 fully saturated rings. The molecule has 1 N–H and O–H groups in total. The molecule has 14 heavy (non-hydrogen) atoms. The van der Waals surface area contributed by atoms with Gasteiger partial charge in [0, 0.05) is 6.20 Å². The maximum Gasteiger partial charge on any atom is 0.379 e. The Bertz CT molecular complexity index is 351. The van der Waals surface area contributed by atoms with E-state index in [-0.39, 0.29) is 5.03 Å². The van der Waals surface area contributed by atoms with Crippen molar-refractivity contribution in [2.75, 3.05) is 0 Å². The predicted octanol–water partition coefficient (Wildman–Crippen LogP) is 1.51. The van der Waals surface area contributed by atoms with Gasteiger partial charge < -0.3 is 0 Å². The summed E-state index contributed by atoms with van der Waals surface area (Å²) in [5, 5.41) is -0.324. The van der Waals surface area contributed by atoms with Gasteiger partial charge in [-0.2, -0.15) is 21.6 Å². The Morgan fingerprint density at radius 2 is 1.79 bits per heavy atom. The molecule has 4 nitrogen and oxygen atoms in total. The lowest BCUT2D eigenvalue weighted by atomic mass is 10.5. The fourth-order valence-electron chi connectivity index (χ4n) is 0.500. The summed E-state index contributed by atoms with van der Waals surface area (Å²) in [4.78, 5) is 3.41. The summed E-state index contributed by atoms with van der Waals surface area (Å²) >= 11 is 0. The molecule has 1 aromatic heterocycles. The van der Waals surface area contributed by atoms with Crippen molar-refractivity contribution >= 4 is 10.1 Å². The number of hydrogen-bond acceptors (Lipinski definition) is 3. The van der Waals surface area contributed by atoms with Gasteiger partial charge in [-0.25, -0.2) is 4.98 Å². The highest BCUT2D eigenvalue weighted by Crippen LogP contribution is 2.00. The molecule has 0 radical (unpaired) electrons. The predicted molar refractivity (Wildman–Crippen MR) is 41.2 cm³/mol. The summed E-state index contributed by atoms with van der Waals surface area (Å²) in [7, 11) is -4.11. The zero-order chi connectivity index (χ0) is 11.2. The number of alkyl halides is 3.